The van der Waals surface area contributed by atoms with E-state index in [0.29, 0.717) is 5.16 Å². The van der Waals surface area contributed by atoms with Crippen LogP contribution in [0.4, 0.5) is 0 Å². The molecule has 4 N–H and O–H groups in total. The van der Waals surface area contributed by atoms with Gasteiger partial charge in [0, 0.05) is 12.4 Å². The molecular weight excluding hydrogens is 220 g/mol. The third-order valence-electron chi connectivity index (χ3n) is 2.16. The smallest absolute Gasteiger partial charge is 0.167 e. The molecule has 1 aromatic heterocycles. The van der Waals surface area contributed by atoms with Crippen LogP contribution in [0.5, 0.6) is 0 Å². The number of rotatable bonds is 2. The first kappa shape index (κ1) is 10.9. The molecule has 0 radical (unpaired) electrons. The van der Waals surface area contributed by atoms with Crippen molar-refractivity contribution < 1.29 is 20.1 Å². The number of ether oxygens (including phenoxy) is 1. The van der Waals surface area contributed by atoms with E-state index in [-0.39, 0.29) is 6.61 Å². The quantitative estimate of drug-likeness (QED) is 0.519. The van der Waals surface area contributed by atoms with Gasteiger partial charge < -0.3 is 25.0 Å². The summed E-state index contributed by atoms with van der Waals surface area (Å²) in [5.41, 5.74) is -0.616. The number of aromatic amines is 1. The third kappa shape index (κ3) is 2.32. The standard InChI is InChI=1S/C8H12N2O4S/c11-4-3-14-7(6(13)5(4)12)15-8-9-1-2-10-8/h1-2,4-7,11-13H,3H2,(H,9,10). The van der Waals surface area contributed by atoms with E-state index in [0.717, 1.165) is 0 Å². The molecule has 0 aliphatic carbocycles. The molecule has 1 aliphatic rings. The lowest BCUT2D eigenvalue weighted by atomic mass is 10.1. The van der Waals surface area contributed by atoms with E-state index >= 15 is 0 Å². The molecule has 0 aromatic carbocycles. The summed E-state index contributed by atoms with van der Waals surface area (Å²) < 4.78 is 5.19. The van der Waals surface area contributed by atoms with E-state index < -0.39 is 23.7 Å². The molecule has 2 rings (SSSR count). The zero-order chi connectivity index (χ0) is 10.8. The topological polar surface area (TPSA) is 98.6 Å². The first-order chi connectivity index (χ1) is 7.18. The number of imidazole rings is 1. The number of hydrogen-bond donors (Lipinski definition) is 4. The van der Waals surface area contributed by atoms with Gasteiger partial charge in [-0.2, -0.15) is 0 Å². The lowest BCUT2D eigenvalue weighted by Crippen LogP contribution is -2.51. The van der Waals surface area contributed by atoms with Crippen LogP contribution in [0.25, 0.3) is 0 Å². The summed E-state index contributed by atoms with van der Waals surface area (Å²) in [6.07, 6.45) is -0.0884. The van der Waals surface area contributed by atoms with Crippen LogP contribution in [0.2, 0.25) is 0 Å². The number of aliphatic hydroxyl groups is 3. The molecule has 1 aliphatic heterocycles. The highest BCUT2D eigenvalue weighted by Gasteiger charge is 2.38. The van der Waals surface area contributed by atoms with E-state index in [9.17, 15) is 15.3 Å². The molecule has 1 aromatic rings. The van der Waals surface area contributed by atoms with Gasteiger partial charge in [0.25, 0.3) is 0 Å². The fourth-order valence-corrected chi connectivity index (χ4v) is 2.23. The van der Waals surface area contributed by atoms with Gasteiger partial charge in [0.15, 0.2) is 5.16 Å². The SMILES string of the molecule is OC1COC(Sc2ncc[nH]2)C(O)C1O. The largest absolute Gasteiger partial charge is 0.388 e. The Morgan fingerprint density at radius 1 is 1.40 bits per heavy atom. The molecule has 0 saturated carbocycles. The second-order valence-electron chi connectivity index (χ2n) is 3.26. The molecule has 4 atom stereocenters. The van der Waals surface area contributed by atoms with Crippen molar-refractivity contribution in [1.82, 2.24) is 9.97 Å². The van der Waals surface area contributed by atoms with Gasteiger partial charge in [0.1, 0.15) is 23.7 Å². The molecule has 2 heterocycles. The van der Waals surface area contributed by atoms with E-state index in [1.165, 1.54) is 11.8 Å². The molecule has 0 spiro atoms. The van der Waals surface area contributed by atoms with E-state index in [1.54, 1.807) is 12.4 Å². The summed E-state index contributed by atoms with van der Waals surface area (Å²) >= 11 is 1.18. The van der Waals surface area contributed by atoms with Crippen LogP contribution in [-0.2, 0) is 4.74 Å². The van der Waals surface area contributed by atoms with Gasteiger partial charge in [0.05, 0.1) is 6.61 Å². The lowest BCUT2D eigenvalue weighted by molar-refractivity contribution is -0.161. The summed E-state index contributed by atoms with van der Waals surface area (Å²) in [6.45, 7) is 0.0105. The van der Waals surface area contributed by atoms with Gasteiger partial charge in [-0.05, 0) is 0 Å². The first-order valence-corrected chi connectivity index (χ1v) is 5.38. The van der Waals surface area contributed by atoms with Gasteiger partial charge in [0.2, 0.25) is 0 Å². The molecule has 6 nitrogen and oxygen atoms in total. The average Bonchev–Trinajstić information content (AvgIpc) is 2.72. The summed E-state index contributed by atoms with van der Waals surface area (Å²) in [5, 5.41) is 28.9. The second kappa shape index (κ2) is 4.50. The summed E-state index contributed by atoms with van der Waals surface area (Å²) in [4.78, 5) is 6.81. The zero-order valence-corrected chi connectivity index (χ0v) is 8.59. The number of nitrogens with one attached hydrogen (secondary N) is 1. The fraction of sp³-hybridized carbons (Fsp3) is 0.625. The lowest BCUT2D eigenvalue weighted by Gasteiger charge is -2.34. The Kier molecular flexibility index (Phi) is 3.27. The normalized spacial score (nSPS) is 36.7. The van der Waals surface area contributed by atoms with Crippen LogP contribution >= 0.6 is 11.8 Å². The molecule has 4 unspecified atom stereocenters. The molecule has 1 saturated heterocycles. The Bertz CT molecular complexity index is 308. The minimum absolute atomic E-state index is 0.0105. The van der Waals surface area contributed by atoms with Crippen molar-refractivity contribution in [2.45, 2.75) is 28.9 Å². The molecule has 1 fully saturated rings. The van der Waals surface area contributed by atoms with Crippen molar-refractivity contribution in [1.29, 1.82) is 0 Å². The monoisotopic (exact) mass is 232 g/mol. The van der Waals surface area contributed by atoms with Crippen molar-refractivity contribution in [3.63, 3.8) is 0 Å². The Hall–Kier alpha value is -0.600. The van der Waals surface area contributed by atoms with Crippen LogP contribution in [0.3, 0.4) is 0 Å². The second-order valence-corrected chi connectivity index (χ2v) is 4.35. The predicted octanol–water partition coefficient (Wildman–Crippen LogP) is -1.06. The number of hydrogen-bond acceptors (Lipinski definition) is 6. The zero-order valence-electron chi connectivity index (χ0n) is 7.78. The van der Waals surface area contributed by atoms with Crippen molar-refractivity contribution in [2.24, 2.45) is 0 Å². The summed E-state index contributed by atoms with van der Waals surface area (Å²) in [7, 11) is 0. The number of thioether (sulfide) groups is 1. The number of H-pyrrole nitrogens is 1. The van der Waals surface area contributed by atoms with E-state index in [4.69, 9.17) is 4.74 Å². The highest BCUT2D eigenvalue weighted by Crippen LogP contribution is 2.28. The Morgan fingerprint density at radius 3 is 2.87 bits per heavy atom. The minimum Gasteiger partial charge on any atom is -0.388 e. The van der Waals surface area contributed by atoms with Gasteiger partial charge in [-0.1, -0.05) is 11.8 Å². The summed E-state index contributed by atoms with van der Waals surface area (Å²) in [6, 6.07) is 0. The molecule has 84 valence electrons. The molecule has 7 heteroatoms. The highest BCUT2D eigenvalue weighted by atomic mass is 32.2. The molecule has 0 amide bonds. The van der Waals surface area contributed by atoms with Crippen molar-refractivity contribution in [2.75, 3.05) is 6.61 Å². The minimum atomic E-state index is -1.17. The van der Waals surface area contributed by atoms with Gasteiger partial charge in [-0.15, -0.1) is 0 Å². The Morgan fingerprint density at radius 2 is 2.20 bits per heavy atom. The van der Waals surface area contributed by atoms with E-state index in [1.807, 2.05) is 0 Å². The van der Waals surface area contributed by atoms with Crippen LogP contribution < -0.4 is 0 Å². The van der Waals surface area contributed by atoms with Crippen molar-refractivity contribution in [3.05, 3.63) is 12.4 Å². The highest BCUT2D eigenvalue weighted by molar-refractivity contribution is 7.99. The molecule has 15 heavy (non-hydrogen) atoms. The summed E-state index contributed by atoms with van der Waals surface area (Å²) in [5.74, 6) is 0. The number of nitrogens with zero attached hydrogens (tertiary/aromatic N) is 1. The van der Waals surface area contributed by atoms with Gasteiger partial charge in [-0.25, -0.2) is 4.98 Å². The Labute approximate surface area is 90.3 Å². The maximum Gasteiger partial charge on any atom is 0.167 e. The maximum absolute atomic E-state index is 9.61. The van der Waals surface area contributed by atoms with Crippen molar-refractivity contribution >= 4 is 11.8 Å². The Balaban J connectivity index is 1.98. The number of aromatic nitrogens is 2. The number of aliphatic hydroxyl groups excluding tert-OH is 3. The van der Waals surface area contributed by atoms with Gasteiger partial charge in [-0.3, -0.25) is 0 Å². The van der Waals surface area contributed by atoms with Crippen LogP contribution in [-0.4, -0.2) is 55.6 Å². The molecule has 0 bridgehead atoms. The molecular formula is C8H12N2O4S. The van der Waals surface area contributed by atoms with E-state index in [2.05, 4.69) is 9.97 Å². The average molecular weight is 232 g/mol. The predicted molar refractivity (Wildman–Crippen MR) is 52.2 cm³/mol. The van der Waals surface area contributed by atoms with Crippen LogP contribution in [0, 0.1) is 0 Å². The third-order valence-corrected chi connectivity index (χ3v) is 3.25. The van der Waals surface area contributed by atoms with Crippen molar-refractivity contribution in [3.8, 4) is 0 Å². The van der Waals surface area contributed by atoms with Crippen LogP contribution in [0.1, 0.15) is 0 Å². The fourth-order valence-electron chi connectivity index (χ4n) is 1.31. The first-order valence-electron chi connectivity index (χ1n) is 4.50. The van der Waals surface area contributed by atoms with Gasteiger partial charge >= 0.3 is 0 Å². The maximum atomic E-state index is 9.61. The van der Waals surface area contributed by atoms with Crippen LogP contribution in [0.15, 0.2) is 17.6 Å².